The van der Waals surface area contributed by atoms with Crippen LogP contribution in [0, 0.1) is 6.92 Å². The first-order chi connectivity index (χ1) is 6.84. The van der Waals surface area contributed by atoms with E-state index in [9.17, 15) is 0 Å². The van der Waals surface area contributed by atoms with Gasteiger partial charge >= 0.3 is 0 Å². The van der Waals surface area contributed by atoms with Crippen LogP contribution < -0.4 is 5.32 Å². The average molecular weight is 195 g/mol. The molecule has 0 aliphatic rings. The van der Waals surface area contributed by atoms with E-state index in [0.717, 1.165) is 31.8 Å². The number of aryl methyl sites for hydroxylation is 1. The number of nitrogens with zero attached hydrogens (tertiary/aromatic N) is 1. The molecule has 0 fully saturated rings. The molecular formula is C10H17N3O. The van der Waals surface area contributed by atoms with Crippen LogP contribution >= 0.6 is 0 Å². The minimum Gasteiger partial charge on any atom is -0.502 e. The first kappa shape index (κ1) is 10.8. The van der Waals surface area contributed by atoms with Crippen molar-refractivity contribution in [3.63, 3.8) is 0 Å². The van der Waals surface area contributed by atoms with Crippen molar-refractivity contribution in [3.8, 4) is 0 Å². The fourth-order valence-electron chi connectivity index (χ4n) is 1.14. The Morgan fingerprint density at radius 2 is 2.57 bits per heavy atom. The van der Waals surface area contributed by atoms with Gasteiger partial charge in [0.05, 0.1) is 19.1 Å². The van der Waals surface area contributed by atoms with E-state index < -0.39 is 0 Å². The number of hydrogen-bond donors (Lipinski definition) is 2. The van der Waals surface area contributed by atoms with Crippen LogP contribution in [0.3, 0.4) is 0 Å². The fourth-order valence-corrected chi connectivity index (χ4v) is 1.14. The number of nitrogens with one attached hydrogen (secondary N) is 2. The highest BCUT2D eigenvalue weighted by molar-refractivity contribution is 5.13. The Bertz CT molecular complexity index is 270. The minimum atomic E-state index is 0.723. The lowest BCUT2D eigenvalue weighted by Crippen LogP contribution is -2.16. The minimum absolute atomic E-state index is 0.723. The maximum absolute atomic E-state index is 5.00. The summed E-state index contributed by atoms with van der Waals surface area (Å²) in [5.41, 5.74) is 2.34. The highest BCUT2D eigenvalue weighted by atomic mass is 16.5. The van der Waals surface area contributed by atoms with Gasteiger partial charge in [0.25, 0.3) is 0 Å². The fraction of sp³-hybridized carbons (Fsp3) is 0.500. The van der Waals surface area contributed by atoms with Gasteiger partial charge in [0, 0.05) is 17.8 Å². The molecule has 1 aromatic heterocycles. The van der Waals surface area contributed by atoms with Crippen LogP contribution in [0.5, 0.6) is 0 Å². The van der Waals surface area contributed by atoms with Crippen molar-refractivity contribution in [1.29, 1.82) is 0 Å². The SMILES string of the molecule is C=COCCCNCc1cn[nH]c1C. The van der Waals surface area contributed by atoms with Gasteiger partial charge in [-0.3, -0.25) is 5.10 Å². The monoisotopic (exact) mass is 195 g/mol. The van der Waals surface area contributed by atoms with E-state index in [1.54, 1.807) is 0 Å². The first-order valence-corrected chi connectivity index (χ1v) is 4.76. The van der Waals surface area contributed by atoms with Gasteiger partial charge < -0.3 is 10.1 Å². The quantitative estimate of drug-likeness (QED) is 0.510. The third kappa shape index (κ3) is 3.62. The van der Waals surface area contributed by atoms with Crippen molar-refractivity contribution in [3.05, 3.63) is 30.3 Å². The summed E-state index contributed by atoms with van der Waals surface area (Å²) in [6.45, 7) is 8.02. The molecule has 2 N–H and O–H groups in total. The predicted octanol–water partition coefficient (Wildman–Crippen LogP) is 1.36. The predicted molar refractivity (Wildman–Crippen MR) is 55.8 cm³/mol. The Labute approximate surface area is 84.4 Å². The highest BCUT2D eigenvalue weighted by Gasteiger charge is 1.98. The summed E-state index contributed by atoms with van der Waals surface area (Å²) < 4.78 is 5.00. The van der Waals surface area contributed by atoms with E-state index >= 15 is 0 Å². The van der Waals surface area contributed by atoms with Gasteiger partial charge in [0.15, 0.2) is 0 Å². The molecule has 0 amide bonds. The number of aromatic nitrogens is 2. The Hall–Kier alpha value is -1.29. The third-order valence-electron chi connectivity index (χ3n) is 1.98. The molecule has 1 aromatic rings. The zero-order valence-corrected chi connectivity index (χ0v) is 8.55. The van der Waals surface area contributed by atoms with Gasteiger partial charge in [0.2, 0.25) is 0 Å². The molecule has 0 atom stereocenters. The second-order valence-electron chi connectivity index (χ2n) is 3.09. The van der Waals surface area contributed by atoms with E-state index in [1.807, 2.05) is 13.1 Å². The van der Waals surface area contributed by atoms with Gasteiger partial charge in [-0.25, -0.2) is 0 Å². The molecule has 1 rings (SSSR count). The number of hydrogen-bond acceptors (Lipinski definition) is 3. The van der Waals surface area contributed by atoms with Gasteiger partial charge in [-0.15, -0.1) is 0 Å². The largest absolute Gasteiger partial charge is 0.502 e. The molecule has 4 nitrogen and oxygen atoms in total. The molecule has 1 heterocycles. The highest BCUT2D eigenvalue weighted by Crippen LogP contribution is 2.00. The van der Waals surface area contributed by atoms with E-state index in [2.05, 4.69) is 22.1 Å². The summed E-state index contributed by atoms with van der Waals surface area (Å²) in [6, 6.07) is 0. The van der Waals surface area contributed by atoms with Crippen LogP contribution in [0.15, 0.2) is 19.0 Å². The third-order valence-corrected chi connectivity index (χ3v) is 1.98. The normalized spacial score (nSPS) is 10.1. The van der Waals surface area contributed by atoms with Gasteiger partial charge in [-0.1, -0.05) is 6.58 Å². The van der Waals surface area contributed by atoms with Crippen molar-refractivity contribution >= 4 is 0 Å². The maximum Gasteiger partial charge on any atom is 0.0885 e. The summed E-state index contributed by atoms with van der Waals surface area (Å²) in [4.78, 5) is 0. The molecule has 0 aliphatic heterocycles. The Balaban J connectivity index is 2.04. The summed E-state index contributed by atoms with van der Waals surface area (Å²) in [7, 11) is 0. The topological polar surface area (TPSA) is 49.9 Å². The molecule has 0 aliphatic carbocycles. The standard InChI is InChI=1S/C10H17N3O/c1-3-14-6-4-5-11-7-10-8-12-13-9(10)2/h3,8,11H,1,4-7H2,2H3,(H,12,13). The van der Waals surface area contributed by atoms with Crippen LogP contribution in [0.1, 0.15) is 17.7 Å². The molecule has 0 bridgehead atoms. The van der Waals surface area contributed by atoms with Gasteiger partial charge in [0.1, 0.15) is 0 Å². The van der Waals surface area contributed by atoms with E-state index in [1.165, 1.54) is 11.8 Å². The lowest BCUT2D eigenvalue weighted by molar-refractivity contribution is 0.244. The number of rotatable bonds is 7. The molecule has 78 valence electrons. The molecule has 0 saturated heterocycles. The molecule has 0 radical (unpaired) electrons. The second kappa shape index (κ2) is 6.21. The molecule has 0 spiro atoms. The Kier molecular flexibility index (Phi) is 4.78. The number of aromatic amines is 1. The van der Waals surface area contributed by atoms with Gasteiger partial charge in [-0.2, -0.15) is 5.10 Å². The second-order valence-corrected chi connectivity index (χ2v) is 3.09. The van der Waals surface area contributed by atoms with Crippen molar-refractivity contribution in [2.45, 2.75) is 19.9 Å². The summed E-state index contributed by atoms with van der Waals surface area (Å²) in [5, 5.41) is 10.2. The van der Waals surface area contributed by atoms with Gasteiger partial charge in [-0.05, 0) is 19.9 Å². The smallest absolute Gasteiger partial charge is 0.0885 e. The van der Waals surface area contributed by atoms with E-state index in [-0.39, 0.29) is 0 Å². The zero-order valence-electron chi connectivity index (χ0n) is 8.55. The molecule has 0 aromatic carbocycles. The average Bonchev–Trinajstić information content (AvgIpc) is 2.58. The molecule has 0 saturated carbocycles. The van der Waals surface area contributed by atoms with Crippen LogP contribution in [-0.4, -0.2) is 23.3 Å². The lowest BCUT2D eigenvalue weighted by atomic mass is 10.2. The first-order valence-electron chi connectivity index (χ1n) is 4.76. The summed E-state index contributed by atoms with van der Waals surface area (Å²) in [6.07, 6.45) is 4.31. The van der Waals surface area contributed by atoms with E-state index in [4.69, 9.17) is 4.74 Å². The summed E-state index contributed by atoms with van der Waals surface area (Å²) in [5.74, 6) is 0. The number of H-pyrrole nitrogens is 1. The molecular weight excluding hydrogens is 178 g/mol. The van der Waals surface area contributed by atoms with Crippen LogP contribution in [-0.2, 0) is 11.3 Å². The molecule has 0 unspecified atom stereocenters. The molecule has 4 heteroatoms. The zero-order chi connectivity index (χ0) is 10.2. The maximum atomic E-state index is 5.00. The van der Waals surface area contributed by atoms with Crippen LogP contribution in [0.2, 0.25) is 0 Å². The van der Waals surface area contributed by atoms with Crippen LogP contribution in [0.25, 0.3) is 0 Å². The molecule has 14 heavy (non-hydrogen) atoms. The summed E-state index contributed by atoms with van der Waals surface area (Å²) >= 11 is 0. The van der Waals surface area contributed by atoms with E-state index in [0.29, 0.717) is 0 Å². The van der Waals surface area contributed by atoms with Crippen molar-refractivity contribution in [2.75, 3.05) is 13.2 Å². The Morgan fingerprint density at radius 3 is 3.21 bits per heavy atom. The lowest BCUT2D eigenvalue weighted by Gasteiger charge is -2.03. The van der Waals surface area contributed by atoms with Crippen molar-refractivity contribution in [2.24, 2.45) is 0 Å². The van der Waals surface area contributed by atoms with Crippen molar-refractivity contribution < 1.29 is 4.74 Å². The Morgan fingerprint density at radius 1 is 1.71 bits per heavy atom. The number of ether oxygens (including phenoxy) is 1. The van der Waals surface area contributed by atoms with Crippen molar-refractivity contribution in [1.82, 2.24) is 15.5 Å². The van der Waals surface area contributed by atoms with Crippen LogP contribution in [0.4, 0.5) is 0 Å².